The normalized spacial score (nSPS) is 17.9. The first kappa shape index (κ1) is 17.2. The van der Waals surface area contributed by atoms with E-state index >= 15 is 0 Å². The SMILES string of the molecule is Cc1cc(NC2CC(F)(F)C2)n2nc(C(C)c3ccc(Cl)cc3)cc2n1. The van der Waals surface area contributed by atoms with E-state index in [0.717, 1.165) is 17.0 Å². The molecular formula is C19H19ClF2N4. The summed E-state index contributed by atoms with van der Waals surface area (Å²) in [5.74, 6) is -1.80. The summed E-state index contributed by atoms with van der Waals surface area (Å²) >= 11 is 5.96. The minimum atomic E-state index is -2.56. The molecule has 136 valence electrons. The number of fused-ring (bicyclic) bond motifs is 1. The number of nitrogens with one attached hydrogen (secondary N) is 1. The van der Waals surface area contributed by atoms with Gasteiger partial charge in [0, 0.05) is 47.7 Å². The predicted octanol–water partition coefficient (Wildman–Crippen LogP) is 5.05. The van der Waals surface area contributed by atoms with E-state index in [0.29, 0.717) is 16.5 Å². The summed E-state index contributed by atoms with van der Waals surface area (Å²) < 4.78 is 28.0. The molecule has 0 bridgehead atoms. The maximum Gasteiger partial charge on any atom is 0.252 e. The summed E-state index contributed by atoms with van der Waals surface area (Å²) in [6, 6.07) is 11.2. The van der Waals surface area contributed by atoms with Gasteiger partial charge >= 0.3 is 0 Å². The largest absolute Gasteiger partial charge is 0.367 e. The number of anilines is 1. The zero-order chi connectivity index (χ0) is 18.5. The van der Waals surface area contributed by atoms with Crippen molar-refractivity contribution in [2.45, 2.75) is 44.6 Å². The number of nitrogens with zero attached hydrogens (tertiary/aromatic N) is 3. The van der Waals surface area contributed by atoms with Crippen molar-refractivity contribution in [2.24, 2.45) is 0 Å². The van der Waals surface area contributed by atoms with Gasteiger partial charge in [0.25, 0.3) is 5.92 Å². The van der Waals surface area contributed by atoms with Crippen LogP contribution in [0.4, 0.5) is 14.6 Å². The number of alkyl halides is 2. The van der Waals surface area contributed by atoms with Crippen LogP contribution in [0.5, 0.6) is 0 Å². The second-order valence-corrected chi connectivity index (χ2v) is 7.44. The quantitative estimate of drug-likeness (QED) is 0.692. The Balaban J connectivity index is 1.66. The highest BCUT2D eigenvalue weighted by molar-refractivity contribution is 6.30. The van der Waals surface area contributed by atoms with Crippen molar-refractivity contribution in [3.8, 4) is 0 Å². The molecule has 4 rings (SSSR count). The lowest BCUT2D eigenvalue weighted by atomic mass is 9.88. The van der Waals surface area contributed by atoms with Crippen LogP contribution >= 0.6 is 11.6 Å². The van der Waals surface area contributed by atoms with Crippen molar-refractivity contribution >= 4 is 23.1 Å². The molecule has 0 amide bonds. The van der Waals surface area contributed by atoms with E-state index in [1.165, 1.54) is 0 Å². The molecule has 0 radical (unpaired) electrons. The maximum atomic E-state index is 13.1. The zero-order valence-electron chi connectivity index (χ0n) is 14.5. The van der Waals surface area contributed by atoms with Crippen LogP contribution in [-0.4, -0.2) is 26.6 Å². The Morgan fingerprint density at radius 1 is 1.23 bits per heavy atom. The zero-order valence-corrected chi connectivity index (χ0v) is 15.3. The van der Waals surface area contributed by atoms with E-state index in [-0.39, 0.29) is 24.8 Å². The highest BCUT2D eigenvalue weighted by Crippen LogP contribution is 2.39. The fourth-order valence-electron chi connectivity index (χ4n) is 3.33. The number of aromatic nitrogens is 3. The van der Waals surface area contributed by atoms with Gasteiger partial charge in [-0.3, -0.25) is 0 Å². The first-order chi connectivity index (χ1) is 12.3. The highest BCUT2D eigenvalue weighted by Gasteiger charge is 2.45. The van der Waals surface area contributed by atoms with E-state index in [1.807, 2.05) is 43.3 Å². The van der Waals surface area contributed by atoms with Crippen molar-refractivity contribution in [3.63, 3.8) is 0 Å². The van der Waals surface area contributed by atoms with Gasteiger partial charge in [-0.25, -0.2) is 13.8 Å². The number of rotatable bonds is 4. The Kier molecular flexibility index (Phi) is 4.10. The van der Waals surface area contributed by atoms with E-state index in [1.54, 1.807) is 4.52 Å². The topological polar surface area (TPSA) is 42.2 Å². The van der Waals surface area contributed by atoms with Crippen molar-refractivity contribution in [3.05, 3.63) is 58.4 Å². The summed E-state index contributed by atoms with van der Waals surface area (Å²) in [6.45, 7) is 3.95. The second-order valence-electron chi connectivity index (χ2n) is 7.00. The van der Waals surface area contributed by atoms with Crippen LogP contribution in [0.15, 0.2) is 36.4 Å². The fourth-order valence-corrected chi connectivity index (χ4v) is 3.45. The second kappa shape index (κ2) is 6.20. The molecule has 1 aliphatic rings. The van der Waals surface area contributed by atoms with E-state index < -0.39 is 5.92 Å². The molecule has 2 aromatic heterocycles. The number of halogens is 3. The summed E-state index contributed by atoms with van der Waals surface area (Å²) in [4.78, 5) is 4.52. The molecule has 3 aromatic rings. The third-order valence-electron chi connectivity index (χ3n) is 4.83. The van der Waals surface area contributed by atoms with Gasteiger partial charge in [-0.05, 0) is 24.6 Å². The van der Waals surface area contributed by atoms with Gasteiger partial charge in [0.2, 0.25) is 0 Å². The van der Waals surface area contributed by atoms with E-state index in [4.69, 9.17) is 11.6 Å². The number of hydrogen-bond donors (Lipinski definition) is 1. The van der Waals surface area contributed by atoms with Crippen molar-refractivity contribution in [1.29, 1.82) is 0 Å². The van der Waals surface area contributed by atoms with Gasteiger partial charge in [-0.2, -0.15) is 9.61 Å². The molecule has 1 aromatic carbocycles. The standard InChI is InChI=1S/C19H19ClF2N4/c1-11-7-17(24-15-9-19(21,22)10-15)26-18(23-11)8-16(25-26)12(2)13-3-5-14(20)6-4-13/h3-8,12,15,24H,9-10H2,1-2H3. The summed E-state index contributed by atoms with van der Waals surface area (Å²) in [5, 5.41) is 8.54. The molecule has 1 N–H and O–H groups in total. The fraction of sp³-hybridized carbons (Fsp3) is 0.368. The first-order valence-electron chi connectivity index (χ1n) is 8.58. The number of aryl methyl sites for hydroxylation is 1. The molecule has 4 nitrogen and oxygen atoms in total. The van der Waals surface area contributed by atoms with Crippen molar-refractivity contribution < 1.29 is 8.78 Å². The van der Waals surface area contributed by atoms with Crippen LogP contribution in [0, 0.1) is 6.92 Å². The monoisotopic (exact) mass is 376 g/mol. The molecule has 0 spiro atoms. The lowest BCUT2D eigenvalue weighted by molar-refractivity contribution is -0.0794. The summed E-state index contributed by atoms with van der Waals surface area (Å²) in [6.07, 6.45) is -0.295. The minimum Gasteiger partial charge on any atom is -0.367 e. The lowest BCUT2D eigenvalue weighted by Crippen LogP contribution is -2.44. The lowest BCUT2D eigenvalue weighted by Gasteiger charge is -2.35. The molecular weight excluding hydrogens is 358 g/mol. The molecule has 0 saturated heterocycles. The molecule has 0 aliphatic heterocycles. The molecule has 1 unspecified atom stereocenters. The molecule has 1 aliphatic carbocycles. The molecule has 1 atom stereocenters. The molecule has 7 heteroatoms. The van der Waals surface area contributed by atoms with Crippen LogP contribution in [0.3, 0.4) is 0 Å². The van der Waals surface area contributed by atoms with Gasteiger partial charge in [0.1, 0.15) is 5.82 Å². The van der Waals surface area contributed by atoms with Crippen LogP contribution < -0.4 is 5.32 Å². The van der Waals surface area contributed by atoms with E-state index in [2.05, 4.69) is 22.3 Å². The highest BCUT2D eigenvalue weighted by atomic mass is 35.5. The Hall–Kier alpha value is -2.21. The summed E-state index contributed by atoms with van der Waals surface area (Å²) in [5.41, 5.74) is 3.49. The first-order valence-corrected chi connectivity index (χ1v) is 8.96. The Labute approximate surface area is 155 Å². The van der Waals surface area contributed by atoms with Crippen molar-refractivity contribution in [1.82, 2.24) is 14.6 Å². The maximum absolute atomic E-state index is 13.1. The Morgan fingerprint density at radius 2 is 1.92 bits per heavy atom. The predicted molar refractivity (Wildman–Crippen MR) is 98.3 cm³/mol. The molecule has 1 fully saturated rings. The van der Waals surface area contributed by atoms with Crippen LogP contribution in [-0.2, 0) is 0 Å². The number of benzene rings is 1. The van der Waals surface area contributed by atoms with Gasteiger partial charge in [0.15, 0.2) is 5.65 Å². The van der Waals surface area contributed by atoms with E-state index in [9.17, 15) is 8.78 Å². The minimum absolute atomic E-state index is 0.0650. The third kappa shape index (κ3) is 3.26. The van der Waals surface area contributed by atoms with Gasteiger partial charge in [-0.1, -0.05) is 30.7 Å². The average molecular weight is 377 g/mol. The van der Waals surface area contributed by atoms with Crippen LogP contribution in [0.25, 0.3) is 5.65 Å². The number of hydrogen-bond acceptors (Lipinski definition) is 3. The average Bonchev–Trinajstić information content (AvgIpc) is 2.97. The van der Waals surface area contributed by atoms with Gasteiger partial charge in [-0.15, -0.1) is 0 Å². The molecule has 2 heterocycles. The van der Waals surface area contributed by atoms with Crippen LogP contribution in [0.1, 0.15) is 42.6 Å². The van der Waals surface area contributed by atoms with Crippen LogP contribution in [0.2, 0.25) is 5.02 Å². The molecule has 26 heavy (non-hydrogen) atoms. The van der Waals surface area contributed by atoms with Crippen molar-refractivity contribution in [2.75, 3.05) is 5.32 Å². The summed E-state index contributed by atoms with van der Waals surface area (Å²) in [7, 11) is 0. The molecule has 1 saturated carbocycles. The smallest absolute Gasteiger partial charge is 0.252 e. The Morgan fingerprint density at radius 3 is 2.58 bits per heavy atom. The third-order valence-corrected chi connectivity index (χ3v) is 5.08. The van der Waals surface area contributed by atoms with Gasteiger partial charge in [0.05, 0.1) is 5.69 Å². The van der Waals surface area contributed by atoms with Gasteiger partial charge < -0.3 is 5.32 Å². The Bertz CT molecular complexity index is 944.